The number of nitrogens with one attached hydrogen (secondary N) is 1. The minimum absolute atomic E-state index is 0.276. The number of hydrogen-bond donors (Lipinski definition) is 1. The highest BCUT2D eigenvalue weighted by Gasteiger charge is 2.27. The van der Waals surface area contributed by atoms with Crippen molar-refractivity contribution in [1.82, 2.24) is 24.8 Å². The number of rotatable bonds is 5. The Balaban J connectivity index is 1.35. The van der Waals surface area contributed by atoms with Crippen LogP contribution in [0, 0.1) is 0 Å². The summed E-state index contributed by atoms with van der Waals surface area (Å²) in [5, 5.41) is 4.42. The number of pyridine rings is 2. The second-order valence-corrected chi connectivity index (χ2v) is 7.33. The van der Waals surface area contributed by atoms with Crippen LogP contribution in [0.2, 0.25) is 0 Å². The van der Waals surface area contributed by atoms with Crippen molar-refractivity contribution in [2.45, 2.75) is 25.4 Å². The standard InChI is InChI=1S/C23H22N6/c1-2-10-26-22(7-1)28-23-15-24-14-20(27-23)21-6-4-12-29(21)16-17-8-9-19-18(13-17)5-3-11-25-19/h1-3,5,7-11,13-15,21H,4,6,12,16H2,(H,26,27,28). The molecule has 6 nitrogen and oxygen atoms in total. The summed E-state index contributed by atoms with van der Waals surface area (Å²) in [6.07, 6.45) is 9.49. The van der Waals surface area contributed by atoms with E-state index in [1.54, 1.807) is 12.4 Å². The highest BCUT2D eigenvalue weighted by Crippen LogP contribution is 2.32. The molecule has 4 aromatic rings. The molecule has 4 heterocycles. The Morgan fingerprint density at radius 1 is 0.966 bits per heavy atom. The van der Waals surface area contributed by atoms with E-state index < -0.39 is 0 Å². The molecule has 29 heavy (non-hydrogen) atoms. The third-order valence-corrected chi connectivity index (χ3v) is 5.33. The summed E-state index contributed by atoms with van der Waals surface area (Å²) >= 11 is 0. The van der Waals surface area contributed by atoms with Crippen LogP contribution >= 0.6 is 0 Å². The summed E-state index contributed by atoms with van der Waals surface area (Å²) in [7, 11) is 0. The Labute approximate surface area is 169 Å². The normalized spacial score (nSPS) is 16.9. The fourth-order valence-corrected chi connectivity index (χ4v) is 3.98. The summed E-state index contributed by atoms with van der Waals surface area (Å²) in [6, 6.07) is 16.7. The molecule has 0 spiro atoms. The van der Waals surface area contributed by atoms with Crippen molar-refractivity contribution in [3.05, 3.63) is 84.6 Å². The fraction of sp³-hybridized carbons (Fsp3) is 0.217. The number of nitrogens with zero attached hydrogens (tertiary/aromatic N) is 5. The monoisotopic (exact) mass is 382 g/mol. The topological polar surface area (TPSA) is 66.8 Å². The molecule has 0 aliphatic carbocycles. The van der Waals surface area contributed by atoms with Crippen LogP contribution < -0.4 is 5.32 Å². The lowest BCUT2D eigenvalue weighted by molar-refractivity contribution is 0.244. The van der Waals surface area contributed by atoms with Crippen LogP contribution in [0.5, 0.6) is 0 Å². The molecular formula is C23H22N6. The van der Waals surface area contributed by atoms with E-state index in [9.17, 15) is 0 Å². The van der Waals surface area contributed by atoms with Crippen molar-refractivity contribution in [3.8, 4) is 0 Å². The number of likely N-dealkylation sites (tertiary alicyclic amines) is 1. The number of anilines is 2. The zero-order chi connectivity index (χ0) is 19.5. The number of fused-ring (bicyclic) bond motifs is 1. The van der Waals surface area contributed by atoms with Gasteiger partial charge in [-0.2, -0.15) is 0 Å². The van der Waals surface area contributed by atoms with Crippen LogP contribution in [-0.2, 0) is 6.54 Å². The van der Waals surface area contributed by atoms with Gasteiger partial charge < -0.3 is 5.32 Å². The quantitative estimate of drug-likeness (QED) is 0.548. The van der Waals surface area contributed by atoms with Crippen LogP contribution in [0.4, 0.5) is 11.6 Å². The van der Waals surface area contributed by atoms with Crippen molar-refractivity contribution in [2.24, 2.45) is 0 Å². The molecule has 6 heteroatoms. The molecule has 1 aliphatic rings. The van der Waals surface area contributed by atoms with E-state index in [4.69, 9.17) is 4.98 Å². The minimum Gasteiger partial charge on any atom is -0.324 e. The Morgan fingerprint density at radius 2 is 1.93 bits per heavy atom. The Bertz CT molecular complexity index is 1110. The third-order valence-electron chi connectivity index (χ3n) is 5.33. The van der Waals surface area contributed by atoms with Crippen LogP contribution in [0.3, 0.4) is 0 Å². The predicted molar refractivity (Wildman–Crippen MR) is 114 cm³/mol. The SMILES string of the molecule is c1ccc(Nc2cncc(C3CCCN3Cc3ccc4ncccc4c3)n2)nc1. The molecule has 1 atom stereocenters. The molecule has 0 saturated carbocycles. The Morgan fingerprint density at radius 3 is 2.86 bits per heavy atom. The third kappa shape index (κ3) is 3.93. The van der Waals surface area contributed by atoms with Crippen molar-refractivity contribution in [3.63, 3.8) is 0 Å². The Kier molecular flexibility index (Phi) is 4.84. The predicted octanol–water partition coefficient (Wildman–Crippen LogP) is 4.50. The van der Waals surface area contributed by atoms with Gasteiger partial charge in [0.1, 0.15) is 11.6 Å². The largest absolute Gasteiger partial charge is 0.324 e. The summed E-state index contributed by atoms with van der Waals surface area (Å²) in [5.74, 6) is 1.50. The van der Waals surface area contributed by atoms with Crippen LogP contribution in [0.1, 0.15) is 30.1 Å². The van der Waals surface area contributed by atoms with E-state index in [1.165, 1.54) is 17.4 Å². The lowest BCUT2D eigenvalue weighted by Crippen LogP contribution is -2.23. The Hall–Kier alpha value is -3.38. The van der Waals surface area contributed by atoms with Gasteiger partial charge in [0.25, 0.3) is 0 Å². The summed E-state index contributed by atoms with van der Waals surface area (Å²) in [4.78, 5) is 20.5. The zero-order valence-corrected chi connectivity index (χ0v) is 16.1. The van der Waals surface area contributed by atoms with Crippen molar-refractivity contribution in [1.29, 1.82) is 0 Å². The van der Waals surface area contributed by atoms with E-state index >= 15 is 0 Å². The van der Waals surface area contributed by atoms with E-state index in [2.05, 4.69) is 49.4 Å². The average Bonchev–Trinajstić information content (AvgIpc) is 3.23. The highest BCUT2D eigenvalue weighted by atomic mass is 15.2. The van der Waals surface area contributed by atoms with E-state index in [0.717, 1.165) is 42.4 Å². The van der Waals surface area contributed by atoms with Gasteiger partial charge in [-0.25, -0.2) is 9.97 Å². The molecule has 144 valence electrons. The van der Waals surface area contributed by atoms with E-state index in [0.29, 0.717) is 0 Å². The maximum Gasteiger partial charge on any atom is 0.150 e. The first-order valence-electron chi connectivity index (χ1n) is 9.93. The summed E-state index contributed by atoms with van der Waals surface area (Å²) in [5.41, 5.74) is 3.34. The van der Waals surface area contributed by atoms with Gasteiger partial charge in [0.15, 0.2) is 0 Å². The molecule has 1 aliphatic heterocycles. The lowest BCUT2D eigenvalue weighted by atomic mass is 10.1. The fourth-order valence-electron chi connectivity index (χ4n) is 3.98. The summed E-state index contributed by atoms with van der Waals surface area (Å²) < 4.78 is 0. The molecule has 1 N–H and O–H groups in total. The summed E-state index contributed by atoms with van der Waals surface area (Å²) in [6.45, 7) is 1.96. The van der Waals surface area contributed by atoms with E-state index in [-0.39, 0.29) is 6.04 Å². The zero-order valence-electron chi connectivity index (χ0n) is 16.1. The van der Waals surface area contributed by atoms with Gasteiger partial charge in [0.05, 0.1) is 29.6 Å². The number of benzene rings is 1. The molecule has 0 radical (unpaired) electrons. The lowest BCUT2D eigenvalue weighted by Gasteiger charge is -2.24. The van der Waals surface area contributed by atoms with Gasteiger partial charge in [-0.3, -0.25) is 14.9 Å². The van der Waals surface area contributed by atoms with Gasteiger partial charge in [-0.15, -0.1) is 0 Å². The molecule has 1 aromatic carbocycles. The number of aromatic nitrogens is 4. The minimum atomic E-state index is 0.276. The van der Waals surface area contributed by atoms with Gasteiger partial charge in [0.2, 0.25) is 0 Å². The van der Waals surface area contributed by atoms with Crippen LogP contribution in [0.25, 0.3) is 10.9 Å². The van der Waals surface area contributed by atoms with Crippen molar-refractivity contribution < 1.29 is 0 Å². The first-order valence-corrected chi connectivity index (χ1v) is 9.93. The van der Waals surface area contributed by atoms with Gasteiger partial charge in [-0.1, -0.05) is 18.2 Å². The second kappa shape index (κ2) is 7.93. The second-order valence-electron chi connectivity index (χ2n) is 7.33. The first kappa shape index (κ1) is 17.7. The smallest absolute Gasteiger partial charge is 0.150 e. The van der Waals surface area contributed by atoms with Gasteiger partial charge >= 0.3 is 0 Å². The van der Waals surface area contributed by atoms with E-state index in [1.807, 2.05) is 36.7 Å². The highest BCUT2D eigenvalue weighted by molar-refractivity contribution is 5.78. The van der Waals surface area contributed by atoms with Gasteiger partial charge in [0, 0.05) is 24.3 Å². The molecule has 0 amide bonds. The maximum atomic E-state index is 4.83. The van der Waals surface area contributed by atoms with Crippen molar-refractivity contribution in [2.75, 3.05) is 11.9 Å². The number of hydrogen-bond acceptors (Lipinski definition) is 6. The molecule has 1 fully saturated rings. The molecular weight excluding hydrogens is 360 g/mol. The van der Waals surface area contributed by atoms with Gasteiger partial charge in [-0.05, 0) is 55.3 Å². The molecule has 1 unspecified atom stereocenters. The van der Waals surface area contributed by atoms with Crippen LogP contribution in [-0.4, -0.2) is 31.4 Å². The van der Waals surface area contributed by atoms with Crippen molar-refractivity contribution >= 4 is 22.5 Å². The maximum absolute atomic E-state index is 4.83. The molecule has 3 aromatic heterocycles. The molecule has 5 rings (SSSR count). The molecule has 0 bridgehead atoms. The average molecular weight is 382 g/mol. The first-order chi connectivity index (χ1) is 14.3. The molecule has 1 saturated heterocycles. The van der Waals surface area contributed by atoms with Crippen LogP contribution in [0.15, 0.2) is 73.3 Å².